The Bertz CT molecular complexity index is 70.0. The van der Waals surface area contributed by atoms with Crippen molar-refractivity contribution in [2.75, 3.05) is 13.6 Å². The van der Waals surface area contributed by atoms with Gasteiger partial charge in [-0.1, -0.05) is 6.92 Å². The molecule has 0 aromatic heterocycles. The van der Waals surface area contributed by atoms with Crippen LogP contribution in [0.1, 0.15) is 6.92 Å². The molecule has 9 heavy (non-hydrogen) atoms. The third-order valence-corrected chi connectivity index (χ3v) is 1.17. The topological polar surface area (TPSA) is 52.5 Å². The van der Waals surface area contributed by atoms with Gasteiger partial charge in [0, 0.05) is 0 Å². The smallest absolute Gasteiger partial charge is 0.427 e. The molecule has 0 bridgehead atoms. The van der Waals surface area contributed by atoms with Crippen molar-refractivity contribution in [3.8, 4) is 0 Å². The van der Waals surface area contributed by atoms with E-state index in [4.69, 9.17) is 10.0 Å². The molecule has 0 aromatic rings. The van der Waals surface area contributed by atoms with Crippen LogP contribution in [0.15, 0.2) is 0 Å². The lowest BCUT2D eigenvalue weighted by Gasteiger charge is -2.07. The van der Waals surface area contributed by atoms with Crippen LogP contribution in [0.2, 0.25) is 6.32 Å². The van der Waals surface area contributed by atoms with Gasteiger partial charge in [0.05, 0.1) is 0 Å². The number of hydrogen-bond acceptors (Lipinski definition) is 3. The quantitative estimate of drug-likeness (QED) is 0.443. The van der Waals surface area contributed by atoms with E-state index in [1.165, 1.54) is 0 Å². The van der Waals surface area contributed by atoms with E-state index in [1.807, 2.05) is 14.0 Å². The summed E-state index contributed by atoms with van der Waals surface area (Å²) in [7, 11) is 0.689. The molecule has 0 fully saturated rings. The van der Waals surface area contributed by atoms with Gasteiger partial charge in [-0.05, 0) is 25.8 Å². The molecule has 0 saturated heterocycles. The maximum Gasteiger partial charge on any atom is 0.451 e. The summed E-state index contributed by atoms with van der Waals surface area (Å²) in [6, 6.07) is 0. The van der Waals surface area contributed by atoms with E-state index in [1.54, 1.807) is 0 Å². The Morgan fingerprint density at radius 3 is 2.44 bits per heavy atom. The van der Waals surface area contributed by atoms with E-state index in [-0.39, 0.29) is 0 Å². The zero-order chi connectivity index (χ0) is 7.28. The van der Waals surface area contributed by atoms with Crippen molar-refractivity contribution in [1.29, 1.82) is 0 Å². The molecule has 3 nitrogen and oxygen atoms in total. The summed E-state index contributed by atoms with van der Waals surface area (Å²) in [5, 5.41) is 19.9. The second-order valence-electron chi connectivity index (χ2n) is 2.38. The van der Waals surface area contributed by atoms with E-state index in [0.717, 1.165) is 6.54 Å². The van der Waals surface area contributed by atoms with Crippen LogP contribution in [0.5, 0.6) is 0 Å². The maximum absolute atomic E-state index is 8.48. The normalized spacial score (nSPS) is 13.3. The Hall–Kier alpha value is -0.0551. The summed E-state index contributed by atoms with van der Waals surface area (Å²) in [4.78, 5) is 0. The van der Waals surface area contributed by atoms with Gasteiger partial charge in [-0.3, -0.25) is 0 Å². The number of nitrogens with one attached hydrogen (secondary N) is 1. The first-order chi connectivity index (χ1) is 4.16. The fourth-order valence-electron chi connectivity index (χ4n) is 0.792. The van der Waals surface area contributed by atoms with Crippen molar-refractivity contribution < 1.29 is 10.0 Å². The third kappa shape index (κ3) is 5.82. The molecule has 0 radical (unpaired) electrons. The van der Waals surface area contributed by atoms with Crippen LogP contribution in [0.3, 0.4) is 0 Å². The van der Waals surface area contributed by atoms with Crippen molar-refractivity contribution in [3.05, 3.63) is 0 Å². The lowest BCUT2D eigenvalue weighted by molar-refractivity contribution is 0.388. The highest BCUT2D eigenvalue weighted by molar-refractivity contribution is 6.41. The predicted molar refractivity (Wildman–Crippen MR) is 38.1 cm³/mol. The highest BCUT2D eigenvalue weighted by Crippen LogP contribution is 2.00. The minimum atomic E-state index is -1.16. The van der Waals surface area contributed by atoms with Gasteiger partial charge < -0.3 is 15.4 Å². The molecule has 3 N–H and O–H groups in total. The first-order valence-electron chi connectivity index (χ1n) is 3.17. The third-order valence-electron chi connectivity index (χ3n) is 1.17. The van der Waals surface area contributed by atoms with Gasteiger partial charge >= 0.3 is 7.12 Å². The summed E-state index contributed by atoms with van der Waals surface area (Å²) in [5.41, 5.74) is 0. The monoisotopic (exact) mass is 131 g/mol. The van der Waals surface area contributed by atoms with E-state index in [9.17, 15) is 0 Å². The Labute approximate surface area is 56.2 Å². The molecule has 4 heteroatoms. The first kappa shape index (κ1) is 8.94. The highest BCUT2D eigenvalue weighted by Gasteiger charge is 2.11. The van der Waals surface area contributed by atoms with E-state index in [0.29, 0.717) is 12.2 Å². The molecule has 0 amide bonds. The zero-order valence-electron chi connectivity index (χ0n) is 5.96. The average Bonchev–Trinajstić information content (AvgIpc) is 1.63. The van der Waals surface area contributed by atoms with Crippen LogP contribution < -0.4 is 5.32 Å². The second kappa shape index (κ2) is 4.79. The highest BCUT2D eigenvalue weighted by atomic mass is 16.4. The minimum absolute atomic E-state index is 0.329. The summed E-state index contributed by atoms with van der Waals surface area (Å²) in [5.74, 6) is 0.329. The molecule has 0 aliphatic rings. The fourth-order valence-corrected chi connectivity index (χ4v) is 0.792. The summed E-state index contributed by atoms with van der Waals surface area (Å²) < 4.78 is 0. The van der Waals surface area contributed by atoms with Crippen LogP contribution in [0, 0.1) is 5.92 Å². The van der Waals surface area contributed by atoms with Gasteiger partial charge in [0.25, 0.3) is 0 Å². The summed E-state index contributed by atoms with van der Waals surface area (Å²) in [6.07, 6.45) is 0.445. The molecule has 1 atom stereocenters. The summed E-state index contributed by atoms with van der Waals surface area (Å²) >= 11 is 0. The largest absolute Gasteiger partial charge is 0.451 e. The van der Waals surface area contributed by atoms with Gasteiger partial charge in [-0.15, -0.1) is 0 Å². The molecule has 0 aromatic carbocycles. The van der Waals surface area contributed by atoms with Gasteiger partial charge in [0.2, 0.25) is 0 Å². The van der Waals surface area contributed by atoms with Gasteiger partial charge in [0.15, 0.2) is 0 Å². The van der Waals surface area contributed by atoms with Crippen molar-refractivity contribution in [1.82, 2.24) is 5.32 Å². The Balaban J connectivity index is 3.15. The Morgan fingerprint density at radius 2 is 2.11 bits per heavy atom. The molecule has 0 rings (SSSR count). The number of rotatable bonds is 4. The van der Waals surface area contributed by atoms with Gasteiger partial charge in [0.1, 0.15) is 0 Å². The van der Waals surface area contributed by atoms with E-state index >= 15 is 0 Å². The fraction of sp³-hybridized carbons (Fsp3) is 1.00. The molecular formula is C5H14BNO2. The minimum Gasteiger partial charge on any atom is -0.427 e. The zero-order valence-corrected chi connectivity index (χ0v) is 5.96. The van der Waals surface area contributed by atoms with Crippen LogP contribution in [0.25, 0.3) is 0 Å². The van der Waals surface area contributed by atoms with Crippen molar-refractivity contribution in [2.45, 2.75) is 13.2 Å². The van der Waals surface area contributed by atoms with Crippen LogP contribution in [-0.4, -0.2) is 30.8 Å². The summed E-state index contributed by atoms with van der Waals surface area (Å²) in [6.45, 7) is 2.80. The molecule has 0 aliphatic heterocycles. The van der Waals surface area contributed by atoms with Gasteiger partial charge in [-0.2, -0.15) is 0 Å². The van der Waals surface area contributed by atoms with Crippen molar-refractivity contribution >= 4 is 7.12 Å². The first-order valence-corrected chi connectivity index (χ1v) is 3.17. The molecule has 54 valence electrons. The Morgan fingerprint density at radius 1 is 1.56 bits per heavy atom. The van der Waals surface area contributed by atoms with Crippen LogP contribution in [-0.2, 0) is 0 Å². The standard InChI is InChI=1S/C5H14BNO2/c1-5(4-7-2)3-6(8)9/h5,7-9H,3-4H2,1-2H3/t5-/m0/s1. The molecule has 0 saturated carbocycles. The molecule has 0 spiro atoms. The predicted octanol–water partition coefficient (Wildman–Crippen LogP) is -0.685. The lowest BCUT2D eigenvalue weighted by atomic mass is 9.79. The second-order valence-corrected chi connectivity index (χ2v) is 2.38. The van der Waals surface area contributed by atoms with E-state index < -0.39 is 7.12 Å². The number of hydrogen-bond donors (Lipinski definition) is 3. The van der Waals surface area contributed by atoms with Crippen molar-refractivity contribution in [3.63, 3.8) is 0 Å². The molecule has 0 unspecified atom stereocenters. The maximum atomic E-state index is 8.48. The Kier molecular flexibility index (Phi) is 4.76. The average molecular weight is 131 g/mol. The SMILES string of the molecule is CNC[C@@H](C)CB(O)O. The van der Waals surface area contributed by atoms with Crippen LogP contribution in [0.4, 0.5) is 0 Å². The van der Waals surface area contributed by atoms with E-state index in [2.05, 4.69) is 5.32 Å². The molecule has 0 aliphatic carbocycles. The van der Waals surface area contributed by atoms with Gasteiger partial charge in [-0.25, -0.2) is 0 Å². The molecule has 0 heterocycles. The van der Waals surface area contributed by atoms with Crippen LogP contribution >= 0.6 is 0 Å². The van der Waals surface area contributed by atoms with Crippen molar-refractivity contribution in [2.24, 2.45) is 5.92 Å². The molecular weight excluding hydrogens is 117 g/mol. The lowest BCUT2D eigenvalue weighted by Crippen LogP contribution is -2.22.